The van der Waals surface area contributed by atoms with Crippen LogP contribution in [0.4, 0.5) is 0 Å². The molecule has 1 fully saturated rings. The molecule has 1 aromatic rings. The number of unbranched alkanes of at least 4 members (excludes halogenated alkanes) is 1. The van der Waals surface area contributed by atoms with Crippen molar-refractivity contribution >= 4 is 29.1 Å². The molecule has 6 heteroatoms. The van der Waals surface area contributed by atoms with E-state index in [0.717, 1.165) is 36.3 Å². The van der Waals surface area contributed by atoms with Gasteiger partial charge in [-0.1, -0.05) is 37.2 Å². The number of hydrogen-bond acceptors (Lipinski definition) is 5. The molecule has 1 saturated heterocycles. The van der Waals surface area contributed by atoms with E-state index in [1.807, 2.05) is 25.1 Å². The molecule has 2 rings (SSSR count). The van der Waals surface area contributed by atoms with Gasteiger partial charge in [-0.2, -0.15) is 5.10 Å². The molecule has 1 aliphatic rings. The van der Waals surface area contributed by atoms with Crippen molar-refractivity contribution in [1.29, 1.82) is 0 Å². The Labute approximate surface area is 128 Å². The Morgan fingerprint density at radius 1 is 1.48 bits per heavy atom. The van der Waals surface area contributed by atoms with Crippen LogP contribution in [-0.2, 0) is 4.79 Å². The Bertz CT molecular complexity index is 570. The van der Waals surface area contributed by atoms with Crippen molar-refractivity contribution in [2.24, 2.45) is 10.2 Å². The first-order valence-corrected chi connectivity index (χ1v) is 7.94. The number of amidine groups is 1. The summed E-state index contributed by atoms with van der Waals surface area (Å²) in [5, 5.41) is 11.1. The van der Waals surface area contributed by atoms with Gasteiger partial charge in [0.2, 0.25) is 5.91 Å². The number of thioether (sulfide) groups is 1. The van der Waals surface area contributed by atoms with E-state index in [-0.39, 0.29) is 5.91 Å². The number of hydrogen-bond donors (Lipinski definition) is 1. The average molecular weight is 305 g/mol. The predicted molar refractivity (Wildman–Crippen MR) is 87.2 cm³/mol. The molecule has 1 amide bonds. The van der Waals surface area contributed by atoms with Crippen molar-refractivity contribution in [1.82, 2.24) is 5.32 Å². The molecular formula is C15H19N3O2S. The number of carbonyl (C=O) groups is 1. The molecule has 1 aliphatic heterocycles. The zero-order valence-corrected chi connectivity index (χ0v) is 13.1. The molecule has 0 saturated carbocycles. The molecule has 1 heterocycles. The number of aryl methyl sites for hydroxylation is 1. The predicted octanol–water partition coefficient (Wildman–Crippen LogP) is 2.73. The fourth-order valence-corrected chi connectivity index (χ4v) is 2.34. The van der Waals surface area contributed by atoms with Crippen LogP contribution in [0.15, 0.2) is 28.4 Å². The Hall–Kier alpha value is -1.82. The zero-order valence-electron chi connectivity index (χ0n) is 12.3. The van der Waals surface area contributed by atoms with Crippen LogP contribution in [-0.4, -0.2) is 29.6 Å². The van der Waals surface area contributed by atoms with Gasteiger partial charge in [0.1, 0.15) is 5.75 Å². The van der Waals surface area contributed by atoms with Crippen molar-refractivity contribution in [3.05, 3.63) is 29.3 Å². The molecule has 1 N–H and O–H groups in total. The topological polar surface area (TPSA) is 63.1 Å². The van der Waals surface area contributed by atoms with E-state index in [0.29, 0.717) is 10.9 Å². The summed E-state index contributed by atoms with van der Waals surface area (Å²) < 4.78 is 5.75. The van der Waals surface area contributed by atoms with Gasteiger partial charge in [-0.15, -0.1) is 5.10 Å². The first kappa shape index (κ1) is 15.6. The summed E-state index contributed by atoms with van der Waals surface area (Å²) in [6.07, 6.45) is 3.81. The number of nitrogens with zero attached hydrogens (tertiary/aromatic N) is 2. The highest BCUT2D eigenvalue weighted by Crippen LogP contribution is 2.19. The normalized spacial score (nSPS) is 16.7. The minimum absolute atomic E-state index is 0.0316. The molecule has 0 radical (unpaired) electrons. The Kier molecular flexibility index (Phi) is 5.80. The molecule has 21 heavy (non-hydrogen) atoms. The fraction of sp³-hybridized carbons (Fsp3) is 0.400. The van der Waals surface area contributed by atoms with Crippen LogP contribution in [0.2, 0.25) is 0 Å². The zero-order chi connectivity index (χ0) is 15.1. The maximum Gasteiger partial charge on any atom is 0.236 e. The van der Waals surface area contributed by atoms with E-state index >= 15 is 0 Å². The van der Waals surface area contributed by atoms with Gasteiger partial charge < -0.3 is 10.1 Å². The molecular weight excluding hydrogens is 286 g/mol. The summed E-state index contributed by atoms with van der Waals surface area (Å²) in [6.45, 7) is 4.88. The average Bonchev–Trinajstić information content (AvgIpc) is 2.88. The lowest BCUT2D eigenvalue weighted by Crippen LogP contribution is -2.19. The maximum atomic E-state index is 11.0. The monoisotopic (exact) mass is 305 g/mol. The van der Waals surface area contributed by atoms with E-state index in [9.17, 15) is 4.79 Å². The number of amides is 1. The summed E-state index contributed by atoms with van der Waals surface area (Å²) in [4.78, 5) is 11.0. The molecule has 0 spiro atoms. The summed E-state index contributed by atoms with van der Waals surface area (Å²) in [6, 6.07) is 5.92. The van der Waals surface area contributed by atoms with Crippen molar-refractivity contribution in [2.45, 2.75) is 26.7 Å². The third-order valence-corrected chi connectivity index (χ3v) is 3.77. The lowest BCUT2D eigenvalue weighted by Gasteiger charge is -2.09. The third-order valence-electron chi connectivity index (χ3n) is 2.91. The Morgan fingerprint density at radius 2 is 2.33 bits per heavy atom. The second-order valence-corrected chi connectivity index (χ2v) is 5.68. The van der Waals surface area contributed by atoms with Crippen LogP contribution >= 0.6 is 11.8 Å². The first-order chi connectivity index (χ1) is 10.2. The van der Waals surface area contributed by atoms with Crippen molar-refractivity contribution in [3.8, 4) is 5.75 Å². The van der Waals surface area contributed by atoms with Gasteiger partial charge in [0.15, 0.2) is 5.17 Å². The number of carbonyl (C=O) groups excluding carboxylic acids is 1. The SMILES string of the molecule is CCCCOc1cc(C=NN=C2NC(=O)CS2)ccc1C. The van der Waals surface area contributed by atoms with E-state index < -0.39 is 0 Å². The van der Waals surface area contributed by atoms with Gasteiger partial charge in [0.05, 0.1) is 18.6 Å². The summed E-state index contributed by atoms with van der Waals surface area (Å²) in [5.41, 5.74) is 2.03. The van der Waals surface area contributed by atoms with Crippen LogP contribution in [0.5, 0.6) is 5.75 Å². The van der Waals surface area contributed by atoms with Crippen LogP contribution in [0.1, 0.15) is 30.9 Å². The van der Waals surface area contributed by atoms with E-state index in [2.05, 4.69) is 22.4 Å². The molecule has 0 aromatic heterocycles. The molecule has 1 aromatic carbocycles. The lowest BCUT2D eigenvalue weighted by molar-refractivity contribution is -0.116. The van der Waals surface area contributed by atoms with E-state index in [4.69, 9.17) is 4.74 Å². The molecule has 0 atom stereocenters. The molecule has 112 valence electrons. The van der Waals surface area contributed by atoms with Gasteiger partial charge in [-0.25, -0.2) is 0 Å². The van der Waals surface area contributed by atoms with E-state index in [1.165, 1.54) is 11.8 Å². The first-order valence-electron chi connectivity index (χ1n) is 6.96. The number of ether oxygens (including phenoxy) is 1. The molecule has 5 nitrogen and oxygen atoms in total. The maximum absolute atomic E-state index is 11.0. The van der Waals surface area contributed by atoms with Crippen molar-refractivity contribution in [2.75, 3.05) is 12.4 Å². The summed E-state index contributed by atoms with van der Waals surface area (Å²) in [7, 11) is 0. The Morgan fingerprint density at radius 3 is 3.05 bits per heavy atom. The second kappa shape index (κ2) is 7.83. The van der Waals surface area contributed by atoms with Crippen LogP contribution in [0.25, 0.3) is 0 Å². The summed E-state index contributed by atoms with van der Waals surface area (Å²) in [5.74, 6) is 1.26. The van der Waals surface area contributed by atoms with Crippen molar-refractivity contribution in [3.63, 3.8) is 0 Å². The minimum atomic E-state index is -0.0316. The van der Waals surface area contributed by atoms with Crippen LogP contribution in [0.3, 0.4) is 0 Å². The van der Waals surface area contributed by atoms with Gasteiger partial charge in [-0.05, 0) is 30.5 Å². The van der Waals surface area contributed by atoms with Crippen molar-refractivity contribution < 1.29 is 9.53 Å². The van der Waals surface area contributed by atoms with E-state index in [1.54, 1.807) is 6.21 Å². The number of benzene rings is 1. The van der Waals surface area contributed by atoms with Gasteiger partial charge in [0.25, 0.3) is 0 Å². The van der Waals surface area contributed by atoms with Gasteiger partial charge in [0, 0.05) is 0 Å². The largest absolute Gasteiger partial charge is 0.493 e. The number of rotatable bonds is 6. The minimum Gasteiger partial charge on any atom is -0.493 e. The van der Waals surface area contributed by atoms with Crippen LogP contribution in [0, 0.1) is 6.92 Å². The number of nitrogens with one attached hydrogen (secondary N) is 1. The smallest absolute Gasteiger partial charge is 0.236 e. The summed E-state index contributed by atoms with van der Waals surface area (Å²) >= 11 is 1.36. The standard InChI is InChI=1S/C15H19N3O2S/c1-3-4-7-20-13-8-12(6-5-11(13)2)9-16-18-15-17-14(19)10-21-15/h5-6,8-9H,3-4,7,10H2,1-2H3,(H,17,18,19). The highest BCUT2D eigenvalue weighted by molar-refractivity contribution is 8.15. The second-order valence-electron chi connectivity index (χ2n) is 4.71. The highest BCUT2D eigenvalue weighted by atomic mass is 32.2. The molecule has 0 bridgehead atoms. The molecule has 0 aliphatic carbocycles. The quantitative estimate of drug-likeness (QED) is 0.499. The fourth-order valence-electron chi connectivity index (χ4n) is 1.71. The lowest BCUT2D eigenvalue weighted by atomic mass is 10.1. The highest BCUT2D eigenvalue weighted by Gasteiger charge is 2.15. The van der Waals surface area contributed by atoms with Crippen LogP contribution < -0.4 is 10.1 Å². The Balaban J connectivity index is 1.99. The molecule has 0 unspecified atom stereocenters. The third kappa shape index (κ3) is 4.90. The van der Waals surface area contributed by atoms with Gasteiger partial charge in [-0.3, -0.25) is 4.79 Å². The van der Waals surface area contributed by atoms with Gasteiger partial charge >= 0.3 is 0 Å².